The molecule has 0 radical (unpaired) electrons. The maximum Gasteiger partial charge on any atom is 0.262 e. The Hall–Kier alpha value is -3.13. The maximum atomic E-state index is 13.1. The summed E-state index contributed by atoms with van der Waals surface area (Å²) in [6.07, 6.45) is 0.877. The molecule has 1 N–H and O–H groups in total. The van der Waals surface area contributed by atoms with Crippen molar-refractivity contribution in [3.63, 3.8) is 0 Å². The number of benzene rings is 2. The molecule has 0 spiro atoms. The number of thioether (sulfide) groups is 1. The molecule has 4 rings (SSSR count). The number of nitrogens with zero attached hydrogens (tertiary/aromatic N) is 3. The first-order valence-corrected chi connectivity index (χ1v) is 12.2. The van der Waals surface area contributed by atoms with Gasteiger partial charge in [0.15, 0.2) is 5.17 Å². The average molecular weight is 465 g/mol. The molecule has 2 heterocycles. The summed E-state index contributed by atoms with van der Waals surface area (Å²) < 4.78 is 0. The van der Waals surface area contributed by atoms with Crippen molar-refractivity contribution in [2.45, 2.75) is 38.5 Å². The number of nitrogens with one attached hydrogen (secondary N) is 1. The molecule has 33 heavy (non-hydrogen) atoms. The maximum absolute atomic E-state index is 13.1. The normalized spacial score (nSPS) is 17.4. The SMILES string of the molecule is CCN(CC)C1=NC(=O)[C@@H](CC(=O)Nc2cccc(C(=O)N3CCc4ccccc4C3)c2)S1. The van der Waals surface area contributed by atoms with E-state index in [0.717, 1.165) is 19.5 Å². The van der Waals surface area contributed by atoms with Gasteiger partial charge in [0.25, 0.3) is 11.8 Å². The molecule has 2 aliphatic rings. The van der Waals surface area contributed by atoms with E-state index in [9.17, 15) is 14.4 Å². The summed E-state index contributed by atoms with van der Waals surface area (Å²) in [7, 11) is 0. The number of rotatable bonds is 6. The predicted molar refractivity (Wildman–Crippen MR) is 131 cm³/mol. The van der Waals surface area contributed by atoms with Crippen LogP contribution in [0.1, 0.15) is 41.8 Å². The number of fused-ring (bicyclic) bond motifs is 1. The Balaban J connectivity index is 1.36. The van der Waals surface area contributed by atoms with Gasteiger partial charge in [-0.1, -0.05) is 42.1 Å². The lowest BCUT2D eigenvalue weighted by molar-refractivity contribution is -0.121. The second kappa shape index (κ2) is 10.2. The Morgan fingerprint density at radius 3 is 2.64 bits per heavy atom. The van der Waals surface area contributed by atoms with Crippen LogP contribution in [0.25, 0.3) is 0 Å². The second-order valence-electron chi connectivity index (χ2n) is 8.09. The molecular formula is C25H28N4O3S. The van der Waals surface area contributed by atoms with Crippen molar-refractivity contribution in [3.8, 4) is 0 Å². The highest BCUT2D eigenvalue weighted by atomic mass is 32.2. The summed E-state index contributed by atoms with van der Waals surface area (Å²) in [6, 6.07) is 15.2. The fourth-order valence-corrected chi connectivity index (χ4v) is 5.29. The molecule has 0 saturated carbocycles. The van der Waals surface area contributed by atoms with Crippen molar-refractivity contribution in [1.29, 1.82) is 0 Å². The van der Waals surface area contributed by atoms with E-state index >= 15 is 0 Å². The van der Waals surface area contributed by atoms with Gasteiger partial charge in [-0.2, -0.15) is 4.99 Å². The fourth-order valence-electron chi connectivity index (χ4n) is 4.10. The van der Waals surface area contributed by atoms with E-state index in [0.29, 0.717) is 29.5 Å². The third-order valence-corrected chi connectivity index (χ3v) is 7.16. The van der Waals surface area contributed by atoms with E-state index in [-0.39, 0.29) is 24.1 Å². The van der Waals surface area contributed by atoms with Gasteiger partial charge < -0.3 is 15.1 Å². The Kier molecular flexibility index (Phi) is 7.13. The summed E-state index contributed by atoms with van der Waals surface area (Å²) in [5.74, 6) is -0.598. The van der Waals surface area contributed by atoms with Gasteiger partial charge in [-0.05, 0) is 49.6 Å². The molecule has 0 saturated heterocycles. The molecule has 7 nitrogen and oxygen atoms in total. The number of hydrogen-bond donors (Lipinski definition) is 1. The number of hydrogen-bond acceptors (Lipinski definition) is 5. The standard InChI is InChI=1S/C25H28N4O3S/c1-3-28(4-2)25-27-23(31)21(33-25)15-22(30)26-20-11-7-10-18(14-20)24(32)29-13-12-17-8-5-6-9-19(17)16-29/h5-11,14,21H,3-4,12-13,15-16H2,1-2H3,(H,26,30)/t21-/m1/s1. The van der Waals surface area contributed by atoms with Crippen LogP contribution >= 0.6 is 11.8 Å². The first-order chi connectivity index (χ1) is 16.0. The van der Waals surface area contributed by atoms with Gasteiger partial charge in [0.2, 0.25) is 5.91 Å². The van der Waals surface area contributed by atoms with Crippen LogP contribution in [-0.2, 0) is 22.6 Å². The molecule has 8 heteroatoms. The van der Waals surface area contributed by atoms with Crippen LogP contribution in [0.5, 0.6) is 0 Å². The summed E-state index contributed by atoms with van der Waals surface area (Å²) >= 11 is 1.34. The fraction of sp³-hybridized carbons (Fsp3) is 0.360. The largest absolute Gasteiger partial charge is 0.352 e. The number of carbonyl (C=O) groups excluding carboxylic acids is 3. The van der Waals surface area contributed by atoms with Gasteiger partial charge in [-0.3, -0.25) is 14.4 Å². The Morgan fingerprint density at radius 2 is 1.88 bits per heavy atom. The Labute approximate surface area is 198 Å². The Morgan fingerprint density at radius 1 is 1.12 bits per heavy atom. The molecule has 0 unspecified atom stereocenters. The van der Waals surface area contributed by atoms with Crippen LogP contribution in [-0.4, -0.2) is 57.6 Å². The second-order valence-corrected chi connectivity index (χ2v) is 9.26. The van der Waals surface area contributed by atoms with Crippen molar-refractivity contribution >= 4 is 40.3 Å². The molecule has 1 atom stereocenters. The number of amidine groups is 1. The lowest BCUT2D eigenvalue weighted by atomic mass is 9.99. The molecule has 2 aromatic rings. The molecule has 3 amide bonds. The zero-order valence-corrected chi connectivity index (χ0v) is 19.7. The average Bonchev–Trinajstić information content (AvgIpc) is 3.18. The van der Waals surface area contributed by atoms with Crippen LogP contribution in [0.4, 0.5) is 5.69 Å². The third kappa shape index (κ3) is 5.27. The van der Waals surface area contributed by atoms with E-state index in [1.54, 1.807) is 24.3 Å². The van der Waals surface area contributed by atoms with Crippen molar-refractivity contribution in [1.82, 2.24) is 9.80 Å². The van der Waals surface area contributed by atoms with Crippen LogP contribution in [0.3, 0.4) is 0 Å². The Bertz CT molecular complexity index is 1100. The van der Waals surface area contributed by atoms with E-state index in [4.69, 9.17) is 0 Å². The number of carbonyl (C=O) groups is 3. The summed E-state index contributed by atoms with van der Waals surface area (Å²) in [4.78, 5) is 45.9. The molecule has 0 aromatic heterocycles. The minimum atomic E-state index is -0.515. The van der Waals surface area contributed by atoms with Gasteiger partial charge in [-0.25, -0.2) is 0 Å². The first kappa shape index (κ1) is 23.0. The molecule has 2 aromatic carbocycles. The summed E-state index contributed by atoms with van der Waals surface area (Å²) in [5.41, 5.74) is 3.54. The van der Waals surface area contributed by atoms with Crippen LogP contribution in [0.15, 0.2) is 53.5 Å². The van der Waals surface area contributed by atoms with Crippen LogP contribution in [0, 0.1) is 0 Å². The quantitative estimate of drug-likeness (QED) is 0.707. The summed E-state index contributed by atoms with van der Waals surface area (Å²) in [6.45, 7) is 6.79. The van der Waals surface area contributed by atoms with Crippen molar-refractivity contribution in [2.24, 2.45) is 4.99 Å². The van der Waals surface area contributed by atoms with Gasteiger partial charge in [0, 0.05) is 43.9 Å². The highest BCUT2D eigenvalue weighted by Crippen LogP contribution is 2.28. The minimum absolute atomic E-state index is 0.0405. The lowest BCUT2D eigenvalue weighted by Gasteiger charge is -2.29. The van der Waals surface area contributed by atoms with E-state index in [2.05, 4.69) is 22.4 Å². The minimum Gasteiger partial charge on any atom is -0.352 e. The number of aliphatic imine (C=N–C) groups is 1. The van der Waals surface area contributed by atoms with Crippen LogP contribution < -0.4 is 5.32 Å². The highest BCUT2D eigenvalue weighted by molar-refractivity contribution is 8.15. The van der Waals surface area contributed by atoms with Crippen molar-refractivity contribution in [3.05, 3.63) is 65.2 Å². The zero-order valence-electron chi connectivity index (χ0n) is 18.9. The smallest absolute Gasteiger partial charge is 0.262 e. The molecule has 172 valence electrons. The van der Waals surface area contributed by atoms with Gasteiger partial charge >= 0.3 is 0 Å². The first-order valence-electron chi connectivity index (χ1n) is 11.3. The third-order valence-electron chi connectivity index (χ3n) is 5.94. The number of amides is 3. The van der Waals surface area contributed by atoms with Gasteiger partial charge in [0.1, 0.15) is 5.25 Å². The number of anilines is 1. The predicted octanol–water partition coefficient (Wildman–Crippen LogP) is 3.55. The highest BCUT2D eigenvalue weighted by Gasteiger charge is 2.32. The lowest BCUT2D eigenvalue weighted by Crippen LogP contribution is -2.35. The van der Waals surface area contributed by atoms with Crippen LogP contribution in [0.2, 0.25) is 0 Å². The van der Waals surface area contributed by atoms with E-state index in [1.165, 1.54) is 22.9 Å². The monoisotopic (exact) mass is 464 g/mol. The molecule has 0 aliphatic carbocycles. The molecule has 0 fully saturated rings. The van der Waals surface area contributed by atoms with E-state index in [1.807, 2.05) is 35.8 Å². The molecular weight excluding hydrogens is 436 g/mol. The van der Waals surface area contributed by atoms with Gasteiger partial charge in [-0.15, -0.1) is 0 Å². The van der Waals surface area contributed by atoms with Gasteiger partial charge in [0.05, 0.1) is 0 Å². The van der Waals surface area contributed by atoms with Crippen molar-refractivity contribution < 1.29 is 14.4 Å². The molecule has 0 bridgehead atoms. The van der Waals surface area contributed by atoms with Crippen molar-refractivity contribution in [2.75, 3.05) is 25.0 Å². The topological polar surface area (TPSA) is 82.1 Å². The van der Waals surface area contributed by atoms with E-state index < -0.39 is 5.25 Å². The zero-order chi connectivity index (χ0) is 23.4. The summed E-state index contributed by atoms with van der Waals surface area (Å²) in [5, 5.41) is 3.00. The molecule has 2 aliphatic heterocycles.